The van der Waals surface area contributed by atoms with Crippen LogP contribution >= 0.6 is 22.7 Å². The maximum absolute atomic E-state index is 2.40. The van der Waals surface area contributed by atoms with E-state index < -0.39 is 0 Å². The van der Waals surface area contributed by atoms with Gasteiger partial charge >= 0.3 is 0 Å². The highest BCUT2D eigenvalue weighted by atomic mass is 32.1. The number of rotatable bonds is 3. The van der Waals surface area contributed by atoms with Gasteiger partial charge in [-0.1, -0.05) is 66.7 Å². The van der Waals surface area contributed by atoms with E-state index in [0.29, 0.717) is 0 Å². The molecule has 0 saturated carbocycles. The van der Waals surface area contributed by atoms with Crippen LogP contribution in [0.4, 0.5) is 0 Å². The molecule has 0 aliphatic heterocycles. The lowest BCUT2D eigenvalue weighted by molar-refractivity contribution is 0.984. The van der Waals surface area contributed by atoms with Gasteiger partial charge in [0.25, 0.3) is 0 Å². The molecule has 32 heavy (non-hydrogen) atoms. The average molecular weight is 445 g/mol. The molecule has 2 heterocycles. The summed E-state index contributed by atoms with van der Waals surface area (Å²) in [5, 5.41) is 13.0. The smallest absolute Gasteiger partial charge is 0.0424 e. The normalized spacial score (nSPS) is 12.0. The molecule has 7 aromatic rings. The first-order chi connectivity index (χ1) is 15.8. The fourth-order valence-corrected chi connectivity index (χ4v) is 7.02. The maximum atomic E-state index is 2.40. The molecule has 5 aromatic carbocycles. The lowest BCUT2D eigenvalue weighted by Gasteiger charge is -2.05. The van der Waals surface area contributed by atoms with Crippen LogP contribution in [0.25, 0.3) is 52.5 Å². The molecule has 0 aliphatic carbocycles. The third-order valence-corrected chi connectivity index (χ3v) is 8.78. The first-order valence-corrected chi connectivity index (χ1v) is 12.7. The number of benzene rings is 5. The molecule has 2 aromatic heterocycles. The number of aryl methyl sites for hydroxylation is 2. The van der Waals surface area contributed by atoms with Gasteiger partial charge in [-0.15, -0.1) is 22.7 Å². The highest BCUT2D eigenvalue weighted by molar-refractivity contribution is 7.20. The lowest BCUT2D eigenvalue weighted by Crippen LogP contribution is -1.88. The molecule has 2 heteroatoms. The van der Waals surface area contributed by atoms with E-state index in [2.05, 4.69) is 96.4 Å². The van der Waals surface area contributed by atoms with E-state index in [4.69, 9.17) is 0 Å². The maximum Gasteiger partial charge on any atom is 0.0424 e. The molecule has 0 unspecified atom stereocenters. The molecule has 0 aliphatic rings. The predicted octanol–water partition coefficient (Wildman–Crippen LogP) is 9.36. The lowest BCUT2D eigenvalue weighted by atomic mass is 10.0. The zero-order chi connectivity index (χ0) is 21.1. The van der Waals surface area contributed by atoms with E-state index in [0.717, 1.165) is 12.8 Å². The summed E-state index contributed by atoms with van der Waals surface area (Å²) in [4.78, 5) is 1.47. The first-order valence-electron chi connectivity index (χ1n) is 11.0. The van der Waals surface area contributed by atoms with Crippen LogP contribution in [-0.4, -0.2) is 0 Å². The Balaban J connectivity index is 1.28. The Morgan fingerprint density at radius 2 is 1.22 bits per heavy atom. The molecule has 0 amide bonds. The van der Waals surface area contributed by atoms with Crippen molar-refractivity contribution in [3.63, 3.8) is 0 Å². The zero-order valence-corrected chi connectivity index (χ0v) is 19.1. The SMILES string of the molecule is c1ccc2cc(CCc3cc4ccc5cc6c(ccc7ccsc76)cc5c4s3)ccc2c1. The predicted molar refractivity (Wildman–Crippen MR) is 144 cm³/mol. The topological polar surface area (TPSA) is 0 Å². The van der Waals surface area contributed by atoms with Gasteiger partial charge in [0.2, 0.25) is 0 Å². The standard InChI is InChI=1S/C30H20S2/c1-2-4-22-15-19(5-7-20(22)3-1)6-12-26-16-25-11-10-24-17-27-23(18-28(24)30(25)32-26)9-8-21-13-14-31-29(21)27/h1-5,7-11,13-18H,6,12H2. The van der Waals surface area contributed by atoms with Crippen LogP contribution in [0.3, 0.4) is 0 Å². The monoisotopic (exact) mass is 444 g/mol. The minimum Gasteiger partial charge on any atom is -0.143 e. The molecule has 0 bridgehead atoms. The van der Waals surface area contributed by atoms with Gasteiger partial charge in [0.05, 0.1) is 0 Å². The van der Waals surface area contributed by atoms with Crippen molar-refractivity contribution in [1.82, 2.24) is 0 Å². The number of hydrogen-bond acceptors (Lipinski definition) is 2. The van der Waals surface area contributed by atoms with Crippen LogP contribution in [0, 0.1) is 0 Å². The van der Waals surface area contributed by atoms with E-state index in [-0.39, 0.29) is 0 Å². The summed E-state index contributed by atoms with van der Waals surface area (Å²) in [5.41, 5.74) is 1.41. The molecule has 7 rings (SSSR count). The summed E-state index contributed by atoms with van der Waals surface area (Å²) in [6.45, 7) is 0. The third-order valence-electron chi connectivity index (χ3n) is 6.58. The van der Waals surface area contributed by atoms with Gasteiger partial charge < -0.3 is 0 Å². The number of hydrogen-bond donors (Lipinski definition) is 0. The quantitative estimate of drug-likeness (QED) is 0.238. The van der Waals surface area contributed by atoms with Crippen LogP contribution < -0.4 is 0 Å². The van der Waals surface area contributed by atoms with Crippen LogP contribution in [0.5, 0.6) is 0 Å². The number of fused-ring (bicyclic) bond motifs is 7. The highest BCUT2D eigenvalue weighted by Crippen LogP contribution is 2.38. The van der Waals surface area contributed by atoms with E-state index >= 15 is 0 Å². The van der Waals surface area contributed by atoms with Crippen molar-refractivity contribution in [3.05, 3.63) is 107 Å². The minimum atomic E-state index is 1.08. The fourth-order valence-electron chi connectivity index (χ4n) is 4.91. The third kappa shape index (κ3) is 2.95. The van der Waals surface area contributed by atoms with Crippen LogP contribution in [-0.2, 0) is 12.8 Å². The van der Waals surface area contributed by atoms with Crippen LogP contribution in [0.2, 0.25) is 0 Å². The summed E-state index contributed by atoms with van der Waals surface area (Å²) in [7, 11) is 0. The van der Waals surface area contributed by atoms with Crippen molar-refractivity contribution in [1.29, 1.82) is 0 Å². The Morgan fingerprint density at radius 3 is 2.09 bits per heavy atom. The van der Waals surface area contributed by atoms with Crippen molar-refractivity contribution < 1.29 is 0 Å². The van der Waals surface area contributed by atoms with Crippen LogP contribution in [0.1, 0.15) is 10.4 Å². The summed E-state index contributed by atoms with van der Waals surface area (Å²) in [6.07, 6.45) is 2.16. The van der Waals surface area contributed by atoms with Crippen molar-refractivity contribution in [2.75, 3.05) is 0 Å². The summed E-state index contributed by atoms with van der Waals surface area (Å²) >= 11 is 3.81. The van der Waals surface area contributed by atoms with E-state index in [9.17, 15) is 0 Å². The summed E-state index contributed by atoms with van der Waals surface area (Å²) in [5.74, 6) is 0. The molecule has 0 N–H and O–H groups in total. The second-order valence-corrected chi connectivity index (χ2v) is 10.6. The molecular formula is C30H20S2. The zero-order valence-electron chi connectivity index (χ0n) is 17.5. The van der Waals surface area contributed by atoms with Gasteiger partial charge in [-0.3, -0.25) is 0 Å². The average Bonchev–Trinajstić information content (AvgIpc) is 3.48. The van der Waals surface area contributed by atoms with Gasteiger partial charge in [-0.25, -0.2) is 0 Å². The second-order valence-electron chi connectivity index (χ2n) is 8.58. The van der Waals surface area contributed by atoms with Crippen molar-refractivity contribution in [3.8, 4) is 0 Å². The summed E-state index contributed by atoms with van der Waals surface area (Å²) in [6, 6.07) is 34.0. The van der Waals surface area contributed by atoms with Gasteiger partial charge in [0, 0.05) is 25.0 Å². The highest BCUT2D eigenvalue weighted by Gasteiger charge is 2.10. The number of thiophene rings is 2. The van der Waals surface area contributed by atoms with Crippen molar-refractivity contribution >= 4 is 75.2 Å². The molecule has 0 atom stereocenters. The Bertz CT molecular complexity index is 1780. The Kier molecular flexibility index (Phi) is 4.11. The molecule has 152 valence electrons. The second kappa shape index (κ2) is 7.16. The molecule has 0 spiro atoms. The Labute approximate surface area is 194 Å². The molecule has 0 nitrogen and oxygen atoms in total. The molecule has 0 saturated heterocycles. The van der Waals surface area contributed by atoms with E-state index in [1.165, 1.54) is 62.9 Å². The summed E-state index contributed by atoms with van der Waals surface area (Å²) < 4.78 is 2.82. The van der Waals surface area contributed by atoms with Crippen molar-refractivity contribution in [2.45, 2.75) is 12.8 Å². The van der Waals surface area contributed by atoms with Gasteiger partial charge in [-0.2, -0.15) is 0 Å². The minimum absolute atomic E-state index is 1.08. The molecule has 0 radical (unpaired) electrons. The Morgan fingerprint density at radius 1 is 0.500 bits per heavy atom. The van der Waals surface area contributed by atoms with Gasteiger partial charge in [0.1, 0.15) is 0 Å². The molecular weight excluding hydrogens is 424 g/mol. The first kappa shape index (κ1) is 18.4. The largest absolute Gasteiger partial charge is 0.143 e. The van der Waals surface area contributed by atoms with Gasteiger partial charge in [-0.05, 0) is 80.4 Å². The fraction of sp³-hybridized carbons (Fsp3) is 0.0667. The van der Waals surface area contributed by atoms with Crippen LogP contribution in [0.15, 0.2) is 96.4 Å². The molecule has 0 fully saturated rings. The Hall–Kier alpha value is -3.20. The van der Waals surface area contributed by atoms with Gasteiger partial charge in [0.15, 0.2) is 0 Å². The van der Waals surface area contributed by atoms with E-state index in [1.54, 1.807) is 0 Å². The van der Waals surface area contributed by atoms with E-state index in [1.807, 2.05) is 22.7 Å². The van der Waals surface area contributed by atoms with Crippen molar-refractivity contribution in [2.24, 2.45) is 0 Å².